The molecule has 7 heteroatoms. The van der Waals surface area contributed by atoms with Crippen molar-refractivity contribution in [3.63, 3.8) is 0 Å². The minimum atomic E-state index is -0.365. The molecular weight excluding hydrogens is 424 g/mol. The van der Waals surface area contributed by atoms with Crippen molar-refractivity contribution < 1.29 is 4.79 Å². The summed E-state index contributed by atoms with van der Waals surface area (Å²) < 4.78 is 1.00. The molecular formula is C20H19BrN4OS. The van der Waals surface area contributed by atoms with Gasteiger partial charge in [-0.3, -0.25) is 15.1 Å². The van der Waals surface area contributed by atoms with Gasteiger partial charge in [-0.15, -0.1) is 5.10 Å². The average molecular weight is 443 g/mol. The summed E-state index contributed by atoms with van der Waals surface area (Å²) in [6, 6.07) is 15.7. The zero-order chi connectivity index (χ0) is 18.8. The molecule has 27 heavy (non-hydrogen) atoms. The second kappa shape index (κ2) is 7.86. The maximum absolute atomic E-state index is 12.9. The number of fused-ring (bicyclic) bond motifs is 2. The standard InChI is InChI=1S/C20H19BrN4OS/c1-2-3-12-27-20-23-19(26)17-15-6-4-5-7-16(15)22-18(25(17)24-20)13-8-10-14(21)11-9-13/h4-11,18H,2-3,12H2,1H3,(H,23,24,26)/t18-/m1/s1. The highest BCUT2D eigenvalue weighted by atomic mass is 79.9. The number of unbranched alkanes of at least 4 members (excludes halogenated alkanes) is 1. The predicted molar refractivity (Wildman–Crippen MR) is 112 cm³/mol. The van der Waals surface area contributed by atoms with Crippen LogP contribution in [-0.2, 0) is 4.79 Å². The third-order valence-corrected chi connectivity index (χ3v) is 5.90. The highest BCUT2D eigenvalue weighted by molar-refractivity contribution is 9.10. The topological polar surface area (TPSA) is 57.1 Å². The number of para-hydroxylation sites is 1. The lowest BCUT2D eigenvalue weighted by Crippen LogP contribution is -2.50. The van der Waals surface area contributed by atoms with Crippen LogP contribution in [0.5, 0.6) is 0 Å². The number of rotatable bonds is 4. The normalized spacial score (nSPS) is 18.2. The van der Waals surface area contributed by atoms with E-state index < -0.39 is 0 Å². The van der Waals surface area contributed by atoms with Crippen molar-refractivity contribution in [1.29, 1.82) is 0 Å². The number of carbonyl (C=O) groups excluding carboxylic acids is 1. The molecule has 1 atom stereocenters. The van der Waals surface area contributed by atoms with Crippen LogP contribution < -0.4 is 15.9 Å². The zero-order valence-electron chi connectivity index (χ0n) is 14.9. The van der Waals surface area contributed by atoms with Crippen molar-refractivity contribution in [3.8, 4) is 0 Å². The summed E-state index contributed by atoms with van der Waals surface area (Å²) in [6.45, 7) is 2.15. The first-order valence-corrected chi connectivity index (χ1v) is 10.7. The average Bonchev–Trinajstić information content (AvgIpc) is 2.68. The van der Waals surface area contributed by atoms with Gasteiger partial charge in [0.15, 0.2) is 11.3 Å². The molecule has 0 radical (unpaired) electrons. The lowest BCUT2D eigenvalue weighted by atomic mass is 10.1. The molecule has 2 heterocycles. The molecule has 0 bridgehead atoms. The number of nitrogens with one attached hydrogen (secondary N) is 1. The number of hydrazone groups is 1. The molecule has 2 aromatic carbocycles. The predicted octanol–water partition coefficient (Wildman–Crippen LogP) is 3.13. The van der Waals surface area contributed by atoms with E-state index in [-0.39, 0.29) is 12.1 Å². The van der Waals surface area contributed by atoms with Crippen LogP contribution in [0.3, 0.4) is 0 Å². The van der Waals surface area contributed by atoms with Gasteiger partial charge in [-0.2, -0.15) is 0 Å². The van der Waals surface area contributed by atoms with Crippen LogP contribution in [0.4, 0.5) is 0 Å². The van der Waals surface area contributed by atoms with Crippen molar-refractivity contribution >= 4 is 44.5 Å². The Morgan fingerprint density at radius 3 is 2.74 bits per heavy atom. The van der Waals surface area contributed by atoms with E-state index in [9.17, 15) is 4.79 Å². The minimum Gasteiger partial charge on any atom is -0.298 e. The van der Waals surface area contributed by atoms with Gasteiger partial charge in [0.1, 0.15) is 5.70 Å². The molecule has 0 aliphatic carbocycles. The molecule has 0 saturated heterocycles. The molecule has 0 spiro atoms. The molecule has 0 saturated carbocycles. The van der Waals surface area contributed by atoms with Gasteiger partial charge in [0.25, 0.3) is 5.91 Å². The van der Waals surface area contributed by atoms with Crippen LogP contribution in [-0.4, -0.2) is 21.8 Å². The van der Waals surface area contributed by atoms with Crippen LogP contribution in [0.25, 0.3) is 5.70 Å². The minimum absolute atomic E-state index is 0.131. The van der Waals surface area contributed by atoms with E-state index in [1.165, 1.54) is 0 Å². The maximum atomic E-state index is 12.9. The number of carbonyl (C=O) groups is 1. The Morgan fingerprint density at radius 2 is 1.96 bits per heavy atom. The maximum Gasteiger partial charge on any atom is 0.276 e. The monoisotopic (exact) mass is 442 g/mol. The molecule has 5 nitrogen and oxygen atoms in total. The number of thioether (sulfide) groups is 1. The van der Waals surface area contributed by atoms with Crippen molar-refractivity contribution in [1.82, 2.24) is 10.3 Å². The Labute approximate surface area is 170 Å². The quantitative estimate of drug-likeness (QED) is 0.739. The molecule has 1 N–H and O–H groups in total. The lowest BCUT2D eigenvalue weighted by molar-refractivity contribution is -0.116. The Balaban J connectivity index is 1.83. The fourth-order valence-corrected chi connectivity index (χ4v) is 4.26. The fraction of sp³-hybridized carbons (Fsp3) is 0.250. The van der Waals surface area contributed by atoms with E-state index in [1.807, 2.05) is 48.5 Å². The van der Waals surface area contributed by atoms with Gasteiger partial charge in [0.05, 0.1) is 5.36 Å². The summed E-state index contributed by atoms with van der Waals surface area (Å²) in [6.07, 6.45) is 1.83. The summed E-state index contributed by atoms with van der Waals surface area (Å²) >= 11 is 5.05. The summed E-state index contributed by atoms with van der Waals surface area (Å²) in [5.41, 5.74) is 1.54. The fourth-order valence-electron chi connectivity index (χ4n) is 3.06. The first-order chi connectivity index (χ1) is 13.2. The molecule has 0 fully saturated rings. The molecule has 4 rings (SSSR count). The number of halogens is 1. The number of benzene rings is 2. The molecule has 0 unspecified atom stereocenters. The van der Waals surface area contributed by atoms with Gasteiger partial charge in [0, 0.05) is 15.4 Å². The second-order valence-electron chi connectivity index (χ2n) is 6.33. The Bertz CT molecular complexity index is 1020. The highest BCUT2D eigenvalue weighted by Gasteiger charge is 2.34. The lowest BCUT2D eigenvalue weighted by Gasteiger charge is -2.34. The number of amidine groups is 1. The Kier molecular flexibility index (Phi) is 5.31. The number of hydrogen-bond donors (Lipinski definition) is 1. The summed E-state index contributed by atoms with van der Waals surface area (Å²) in [5.74, 6) is 0.795. The highest BCUT2D eigenvalue weighted by Crippen LogP contribution is 2.31. The van der Waals surface area contributed by atoms with E-state index in [1.54, 1.807) is 16.8 Å². The smallest absolute Gasteiger partial charge is 0.276 e. The van der Waals surface area contributed by atoms with Gasteiger partial charge in [-0.25, -0.2) is 5.01 Å². The number of amides is 1. The van der Waals surface area contributed by atoms with Crippen molar-refractivity contribution in [3.05, 3.63) is 69.1 Å². The van der Waals surface area contributed by atoms with Gasteiger partial charge >= 0.3 is 0 Å². The SMILES string of the molecule is CCCCSC1=NN2C(=c3ccccc3=N[C@H]2c2ccc(Br)cc2)C(=O)N1. The van der Waals surface area contributed by atoms with Crippen LogP contribution in [0, 0.1) is 0 Å². The van der Waals surface area contributed by atoms with E-state index in [0.717, 1.165) is 39.2 Å². The molecule has 2 aliphatic rings. The number of nitrogens with zero attached hydrogens (tertiary/aromatic N) is 3. The van der Waals surface area contributed by atoms with Gasteiger partial charge < -0.3 is 0 Å². The summed E-state index contributed by atoms with van der Waals surface area (Å²) in [5, 5.41) is 11.7. The summed E-state index contributed by atoms with van der Waals surface area (Å²) in [4.78, 5) is 17.8. The van der Waals surface area contributed by atoms with E-state index in [2.05, 4.69) is 28.2 Å². The largest absolute Gasteiger partial charge is 0.298 e. The zero-order valence-corrected chi connectivity index (χ0v) is 17.3. The molecule has 2 aliphatic heterocycles. The van der Waals surface area contributed by atoms with Crippen molar-refractivity contribution in [2.24, 2.45) is 10.1 Å². The van der Waals surface area contributed by atoms with E-state index in [4.69, 9.17) is 10.1 Å². The van der Waals surface area contributed by atoms with E-state index in [0.29, 0.717) is 10.9 Å². The molecule has 1 amide bonds. The molecule has 0 aromatic heterocycles. The van der Waals surface area contributed by atoms with Crippen molar-refractivity contribution in [2.45, 2.75) is 25.9 Å². The van der Waals surface area contributed by atoms with Crippen LogP contribution in [0.1, 0.15) is 31.5 Å². The molecule has 138 valence electrons. The second-order valence-corrected chi connectivity index (χ2v) is 8.33. The van der Waals surface area contributed by atoms with Crippen LogP contribution >= 0.6 is 27.7 Å². The third-order valence-electron chi connectivity index (χ3n) is 4.42. The van der Waals surface area contributed by atoms with Gasteiger partial charge in [0.2, 0.25) is 0 Å². The van der Waals surface area contributed by atoms with E-state index >= 15 is 0 Å². The summed E-state index contributed by atoms with van der Waals surface area (Å²) in [7, 11) is 0. The van der Waals surface area contributed by atoms with Crippen LogP contribution in [0.15, 0.2) is 63.1 Å². The Hall–Kier alpha value is -2.12. The third kappa shape index (κ3) is 3.66. The molecule has 2 aromatic rings. The van der Waals surface area contributed by atoms with Gasteiger partial charge in [-0.1, -0.05) is 71.4 Å². The van der Waals surface area contributed by atoms with Crippen molar-refractivity contribution in [2.75, 3.05) is 5.75 Å². The number of hydrogen-bond acceptors (Lipinski definition) is 5. The Morgan fingerprint density at radius 1 is 1.19 bits per heavy atom. The first kappa shape index (κ1) is 18.3. The van der Waals surface area contributed by atoms with Gasteiger partial charge in [-0.05, 0) is 30.2 Å². The first-order valence-electron chi connectivity index (χ1n) is 8.92. The van der Waals surface area contributed by atoms with Crippen LogP contribution in [0.2, 0.25) is 0 Å².